The van der Waals surface area contributed by atoms with Crippen molar-refractivity contribution < 1.29 is 4.79 Å². The third kappa shape index (κ3) is 2.55. The number of hydrogen-bond acceptors (Lipinski definition) is 4. The Balaban J connectivity index is 1.42. The van der Waals surface area contributed by atoms with Crippen LogP contribution in [0, 0.1) is 5.92 Å². The van der Waals surface area contributed by atoms with Crippen LogP contribution in [0.1, 0.15) is 29.8 Å². The minimum Gasteiger partial charge on any atom is -0.307 e. The molecule has 0 saturated heterocycles. The van der Waals surface area contributed by atoms with E-state index >= 15 is 0 Å². The average Bonchev–Trinajstić information content (AvgIpc) is 3.10. The molecule has 1 N–H and O–H groups in total. The molecule has 110 valence electrons. The monoisotopic (exact) mass is 293 g/mol. The number of hydrogen-bond donors (Lipinski definition) is 1. The maximum absolute atomic E-state index is 12.2. The molecule has 6 nitrogen and oxygen atoms in total. The van der Waals surface area contributed by atoms with E-state index in [9.17, 15) is 4.79 Å². The number of carbonyl (C=O) groups is 1. The van der Waals surface area contributed by atoms with Crippen molar-refractivity contribution in [2.75, 3.05) is 0 Å². The van der Waals surface area contributed by atoms with Gasteiger partial charge in [-0.3, -0.25) is 4.79 Å². The van der Waals surface area contributed by atoms with E-state index in [2.05, 4.69) is 20.6 Å². The fourth-order valence-electron chi connectivity index (χ4n) is 2.44. The van der Waals surface area contributed by atoms with Gasteiger partial charge in [0.05, 0.1) is 11.4 Å². The Morgan fingerprint density at radius 3 is 2.73 bits per heavy atom. The van der Waals surface area contributed by atoms with Crippen LogP contribution in [0.5, 0.6) is 0 Å². The SMILES string of the molecule is O=C(NC1=NN=C(C2CC2)C1)c1ccn(-c2ccccc2)n1. The van der Waals surface area contributed by atoms with E-state index in [1.54, 1.807) is 16.9 Å². The van der Waals surface area contributed by atoms with Gasteiger partial charge in [-0.15, -0.1) is 5.10 Å². The molecule has 2 heterocycles. The van der Waals surface area contributed by atoms with Crippen molar-refractivity contribution in [2.45, 2.75) is 19.3 Å². The Hall–Kier alpha value is -2.76. The van der Waals surface area contributed by atoms with Crippen molar-refractivity contribution in [3.05, 3.63) is 48.3 Å². The van der Waals surface area contributed by atoms with Crippen LogP contribution < -0.4 is 5.32 Å². The Morgan fingerprint density at radius 2 is 1.95 bits per heavy atom. The highest BCUT2D eigenvalue weighted by molar-refractivity contribution is 6.14. The van der Waals surface area contributed by atoms with Crippen LogP contribution in [0.3, 0.4) is 0 Å². The molecule has 0 radical (unpaired) electrons. The quantitative estimate of drug-likeness (QED) is 0.942. The van der Waals surface area contributed by atoms with Crippen molar-refractivity contribution in [1.82, 2.24) is 15.1 Å². The summed E-state index contributed by atoms with van der Waals surface area (Å²) in [6.45, 7) is 0. The summed E-state index contributed by atoms with van der Waals surface area (Å²) in [6.07, 6.45) is 4.80. The maximum atomic E-state index is 12.2. The number of amides is 1. The Morgan fingerprint density at radius 1 is 1.14 bits per heavy atom. The van der Waals surface area contributed by atoms with E-state index in [1.807, 2.05) is 30.3 Å². The zero-order valence-corrected chi connectivity index (χ0v) is 11.9. The molecule has 1 amide bonds. The topological polar surface area (TPSA) is 71.6 Å². The molecule has 22 heavy (non-hydrogen) atoms. The first-order valence-corrected chi connectivity index (χ1v) is 7.35. The van der Waals surface area contributed by atoms with Crippen molar-refractivity contribution in [1.29, 1.82) is 0 Å². The van der Waals surface area contributed by atoms with Crippen LogP contribution in [-0.2, 0) is 0 Å². The minimum absolute atomic E-state index is 0.249. The third-order valence-electron chi connectivity index (χ3n) is 3.80. The summed E-state index contributed by atoms with van der Waals surface area (Å²) in [6, 6.07) is 11.4. The highest BCUT2D eigenvalue weighted by atomic mass is 16.2. The molecule has 0 spiro atoms. The van der Waals surface area contributed by atoms with E-state index in [-0.39, 0.29) is 5.91 Å². The summed E-state index contributed by atoms with van der Waals surface area (Å²) in [4.78, 5) is 12.2. The van der Waals surface area contributed by atoms with Gasteiger partial charge >= 0.3 is 0 Å². The number of nitrogens with zero attached hydrogens (tertiary/aromatic N) is 4. The maximum Gasteiger partial charge on any atom is 0.277 e. The molecule has 2 aliphatic rings. The van der Waals surface area contributed by atoms with Gasteiger partial charge in [-0.05, 0) is 37.0 Å². The molecule has 0 unspecified atom stereocenters. The number of rotatable bonds is 3. The number of aromatic nitrogens is 2. The molecule has 6 heteroatoms. The molecule has 1 saturated carbocycles. The van der Waals surface area contributed by atoms with Gasteiger partial charge in [0.2, 0.25) is 0 Å². The number of para-hydroxylation sites is 1. The van der Waals surface area contributed by atoms with E-state index in [1.165, 1.54) is 12.8 Å². The number of benzene rings is 1. The van der Waals surface area contributed by atoms with Crippen LogP contribution in [-0.4, -0.2) is 27.2 Å². The molecule has 1 fully saturated rings. The van der Waals surface area contributed by atoms with Gasteiger partial charge in [-0.1, -0.05) is 18.2 Å². The van der Waals surface area contributed by atoms with Gasteiger partial charge in [0.15, 0.2) is 5.69 Å². The summed E-state index contributed by atoms with van der Waals surface area (Å²) in [5.74, 6) is 0.942. The zero-order valence-electron chi connectivity index (χ0n) is 11.9. The molecule has 1 aromatic heterocycles. The first kappa shape index (κ1) is 12.9. The molecule has 1 aromatic carbocycles. The van der Waals surface area contributed by atoms with Crippen molar-refractivity contribution >= 4 is 17.5 Å². The second-order valence-corrected chi connectivity index (χ2v) is 5.52. The van der Waals surface area contributed by atoms with E-state index in [0.717, 1.165) is 11.4 Å². The summed E-state index contributed by atoms with van der Waals surface area (Å²) < 4.78 is 1.68. The summed E-state index contributed by atoms with van der Waals surface area (Å²) >= 11 is 0. The van der Waals surface area contributed by atoms with Gasteiger partial charge in [0.1, 0.15) is 5.84 Å². The Kier molecular flexibility index (Phi) is 3.07. The van der Waals surface area contributed by atoms with Crippen molar-refractivity contribution in [3.8, 4) is 5.69 Å². The largest absolute Gasteiger partial charge is 0.307 e. The molecule has 0 bridgehead atoms. The molecular formula is C16H15N5O. The lowest BCUT2D eigenvalue weighted by Gasteiger charge is -2.02. The smallest absolute Gasteiger partial charge is 0.277 e. The van der Waals surface area contributed by atoms with Gasteiger partial charge in [0.25, 0.3) is 5.91 Å². The first-order chi connectivity index (χ1) is 10.8. The minimum atomic E-state index is -0.249. The average molecular weight is 293 g/mol. The van der Waals surface area contributed by atoms with E-state index in [4.69, 9.17) is 0 Å². The van der Waals surface area contributed by atoms with E-state index < -0.39 is 0 Å². The lowest BCUT2D eigenvalue weighted by atomic mass is 10.2. The highest BCUT2D eigenvalue weighted by Crippen LogP contribution is 2.33. The number of carbonyl (C=O) groups excluding carboxylic acids is 1. The summed E-state index contributed by atoms with van der Waals surface area (Å²) in [5.41, 5.74) is 2.37. The standard InChI is InChI=1S/C16H15N5O/c22-16(17-15-10-14(18-19-15)11-6-7-11)13-8-9-21(20-13)12-4-2-1-3-5-12/h1-5,8-9,11H,6-7,10H2,(H,17,19,22). The number of amidine groups is 1. The molecule has 4 rings (SSSR count). The first-order valence-electron chi connectivity index (χ1n) is 7.35. The van der Waals surface area contributed by atoms with Gasteiger partial charge < -0.3 is 5.32 Å². The van der Waals surface area contributed by atoms with Gasteiger partial charge in [0, 0.05) is 12.6 Å². The molecular weight excluding hydrogens is 278 g/mol. The Bertz CT molecular complexity index is 771. The van der Waals surface area contributed by atoms with Crippen LogP contribution in [0.2, 0.25) is 0 Å². The third-order valence-corrected chi connectivity index (χ3v) is 3.80. The predicted molar refractivity (Wildman–Crippen MR) is 83.2 cm³/mol. The normalized spacial score (nSPS) is 17.1. The predicted octanol–water partition coefficient (Wildman–Crippen LogP) is 2.17. The van der Waals surface area contributed by atoms with Crippen LogP contribution in [0.15, 0.2) is 52.8 Å². The summed E-state index contributed by atoms with van der Waals surface area (Å²) in [7, 11) is 0. The number of nitrogens with one attached hydrogen (secondary N) is 1. The molecule has 0 atom stereocenters. The highest BCUT2D eigenvalue weighted by Gasteiger charge is 2.31. The summed E-state index contributed by atoms with van der Waals surface area (Å²) in [5, 5.41) is 15.3. The van der Waals surface area contributed by atoms with Crippen LogP contribution in [0.4, 0.5) is 0 Å². The van der Waals surface area contributed by atoms with E-state index in [0.29, 0.717) is 23.9 Å². The molecule has 1 aliphatic heterocycles. The lowest BCUT2D eigenvalue weighted by Crippen LogP contribution is -2.31. The van der Waals surface area contributed by atoms with Crippen LogP contribution >= 0.6 is 0 Å². The Labute approximate surface area is 127 Å². The van der Waals surface area contributed by atoms with Crippen LogP contribution in [0.25, 0.3) is 5.69 Å². The van der Waals surface area contributed by atoms with Gasteiger partial charge in [-0.25, -0.2) is 4.68 Å². The second-order valence-electron chi connectivity index (χ2n) is 5.52. The van der Waals surface area contributed by atoms with Gasteiger partial charge in [-0.2, -0.15) is 10.2 Å². The zero-order chi connectivity index (χ0) is 14.9. The fourth-order valence-corrected chi connectivity index (χ4v) is 2.44. The second kappa shape index (κ2) is 5.22. The lowest BCUT2D eigenvalue weighted by molar-refractivity contribution is 0.0971. The molecule has 1 aliphatic carbocycles. The fraction of sp³-hybridized carbons (Fsp3) is 0.250. The van der Waals surface area contributed by atoms with Crippen molar-refractivity contribution in [2.24, 2.45) is 16.1 Å². The van der Waals surface area contributed by atoms with Crippen molar-refractivity contribution in [3.63, 3.8) is 0 Å². The molecule has 2 aromatic rings.